The molecule has 16 heavy (non-hydrogen) atoms. The number of hydrogen-bond donors (Lipinski definition) is 0. The zero-order valence-corrected chi connectivity index (χ0v) is 11.7. The molecule has 0 aliphatic heterocycles. The van der Waals surface area contributed by atoms with Gasteiger partial charge in [0, 0.05) is 47.5 Å². The Morgan fingerprint density at radius 1 is 1.56 bits per heavy atom. The summed E-state index contributed by atoms with van der Waals surface area (Å²) in [5.74, 6) is 0. The molecule has 4 heteroatoms. The number of rotatable bonds is 3. The van der Waals surface area contributed by atoms with Gasteiger partial charge in [-0.1, -0.05) is 12.7 Å². The summed E-state index contributed by atoms with van der Waals surface area (Å²) in [4.78, 5) is 11.1. The summed E-state index contributed by atoms with van der Waals surface area (Å²) in [6.07, 6.45) is 4.61. The van der Waals surface area contributed by atoms with Crippen LogP contribution in [0, 0.1) is 6.92 Å². The monoisotopic (exact) mass is 343 g/mol. The van der Waals surface area contributed by atoms with Crippen LogP contribution in [0.15, 0.2) is 24.9 Å². The van der Waals surface area contributed by atoms with Crippen molar-refractivity contribution >= 4 is 53.6 Å². The van der Waals surface area contributed by atoms with Crippen molar-refractivity contribution < 1.29 is 4.79 Å². The lowest BCUT2D eigenvalue weighted by Crippen LogP contribution is -1.92. The molecule has 2 rings (SSSR count). The zero-order valence-electron chi connectivity index (χ0n) is 8.74. The highest BCUT2D eigenvalue weighted by molar-refractivity contribution is 14.2. The van der Waals surface area contributed by atoms with E-state index in [1.54, 1.807) is 15.2 Å². The van der Waals surface area contributed by atoms with E-state index in [1.807, 2.05) is 25.3 Å². The number of hydrogen-bond acceptors (Lipinski definition) is 2. The third-order valence-electron chi connectivity index (χ3n) is 2.61. The Hall–Kier alpha value is -0.750. The average molecular weight is 343 g/mol. The predicted octanol–water partition coefficient (Wildman–Crippen LogP) is 4.25. The molecule has 0 spiro atoms. The lowest BCUT2D eigenvalue weighted by atomic mass is 10.0. The van der Waals surface area contributed by atoms with Gasteiger partial charge in [0.15, 0.2) is 6.29 Å². The Morgan fingerprint density at radius 3 is 2.88 bits per heavy atom. The number of fused-ring (bicyclic) bond motifs is 1. The second-order valence-corrected chi connectivity index (χ2v) is 5.20. The largest absolute Gasteiger partial charge is 0.298 e. The maximum atomic E-state index is 11.1. The molecule has 0 amide bonds. The fourth-order valence-electron chi connectivity index (χ4n) is 1.91. The van der Waals surface area contributed by atoms with Gasteiger partial charge in [0.25, 0.3) is 0 Å². The molecule has 82 valence electrons. The van der Waals surface area contributed by atoms with E-state index >= 15 is 0 Å². The number of carbonyl (C=O) groups excluding carboxylic acids is 1. The number of carbonyl (C=O) groups is 1. The molecule has 0 radical (unpaired) electrons. The van der Waals surface area contributed by atoms with Crippen LogP contribution >= 0.6 is 30.3 Å². The van der Waals surface area contributed by atoms with Gasteiger partial charge in [-0.05, 0) is 30.2 Å². The minimum atomic E-state index is 0.722. The van der Waals surface area contributed by atoms with Crippen molar-refractivity contribution in [1.82, 2.24) is 3.97 Å². The summed E-state index contributed by atoms with van der Waals surface area (Å²) in [6.45, 7) is 5.79. The fraction of sp³-hybridized carbons (Fsp3) is 0.0833. The minimum Gasteiger partial charge on any atom is -0.298 e. The van der Waals surface area contributed by atoms with Crippen molar-refractivity contribution in [2.75, 3.05) is 0 Å². The predicted molar refractivity (Wildman–Crippen MR) is 79.2 cm³/mol. The Labute approximate surface area is 110 Å². The second-order valence-electron chi connectivity index (χ2n) is 3.49. The van der Waals surface area contributed by atoms with Crippen LogP contribution in [0.5, 0.6) is 0 Å². The summed E-state index contributed by atoms with van der Waals surface area (Å²) in [5.41, 5.74) is 3.88. The molecule has 1 aromatic heterocycles. The van der Waals surface area contributed by atoms with Crippen LogP contribution in [-0.4, -0.2) is 10.3 Å². The summed E-state index contributed by atoms with van der Waals surface area (Å²) >= 11 is 2.23. The van der Waals surface area contributed by atoms with Crippen molar-refractivity contribution in [3.63, 3.8) is 0 Å². The molecule has 0 bridgehead atoms. The van der Waals surface area contributed by atoms with E-state index in [1.165, 1.54) is 0 Å². The third kappa shape index (κ3) is 1.69. The molecule has 0 aliphatic carbocycles. The quantitative estimate of drug-likeness (QED) is 0.614. The Morgan fingerprint density at radius 2 is 2.31 bits per heavy atom. The van der Waals surface area contributed by atoms with Crippen molar-refractivity contribution in [3.8, 4) is 0 Å². The van der Waals surface area contributed by atoms with E-state index in [0.29, 0.717) is 0 Å². The smallest absolute Gasteiger partial charge is 0.151 e. The number of nitrogens with zero attached hydrogens (tertiary/aromatic N) is 1. The van der Waals surface area contributed by atoms with Gasteiger partial charge in [0.2, 0.25) is 0 Å². The number of halogens is 1. The summed E-state index contributed by atoms with van der Waals surface area (Å²) in [6, 6.07) is 3.98. The number of aromatic nitrogens is 1. The van der Waals surface area contributed by atoms with Crippen molar-refractivity contribution in [2.45, 2.75) is 6.92 Å². The first kappa shape index (κ1) is 11.7. The highest BCUT2D eigenvalue weighted by Gasteiger charge is 2.11. The second kappa shape index (κ2) is 4.63. The van der Waals surface area contributed by atoms with E-state index in [4.69, 9.17) is 0 Å². The average Bonchev–Trinajstić information content (AvgIpc) is 2.73. The van der Waals surface area contributed by atoms with E-state index < -0.39 is 0 Å². The topological polar surface area (TPSA) is 22.0 Å². The highest BCUT2D eigenvalue weighted by atomic mass is 127. The van der Waals surface area contributed by atoms with Gasteiger partial charge in [-0.2, -0.15) is 0 Å². The van der Waals surface area contributed by atoms with E-state index in [2.05, 4.69) is 31.8 Å². The summed E-state index contributed by atoms with van der Waals surface area (Å²) < 4.78 is 2.06. The lowest BCUT2D eigenvalue weighted by molar-refractivity contribution is 0.112. The summed E-state index contributed by atoms with van der Waals surface area (Å²) in [7, 11) is 1.60. The van der Waals surface area contributed by atoms with Gasteiger partial charge in [-0.15, -0.1) is 0 Å². The molecule has 0 N–H and O–H groups in total. The first-order valence-electron chi connectivity index (χ1n) is 4.74. The SMILES string of the molecule is C=Cc1cc(C)c2c(ccn2SI)c1C=O. The van der Waals surface area contributed by atoms with E-state index in [-0.39, 0.29) is 0 Å². The van der Waals surface area contributed by atoms with E-state index in [9.17, 15) is 4.79 Å². The van der Waals surface area contributed by atoms with Crippen molar-refractivity contribution in [1.29, 1.82) is 0 Å². The molecule has 1 heterocycles. The van der Waals surface area contributed by atoms with Crippen LogP contribution in [-0.2, 0) is 0 Å². The molecule has 1 aromatic carbocycles. The maximum absolute atomic E-state index is 11.1. The van der Waals surface area contributed by atoms with Gasteiger partial charge < -0.3 is 0 Å². The minimum absolute atomic E-state index is 0.722. The van der Waals surface area contributed by atoms with Gasteiger partial charge >= 0.3 is 0 Å². The Kier molecular flexibility index (Phi) is 3.39. The van der Waals surface area contributed by atoms with Gasteiger partial charge in [0.05, 0.1) is 5.52 Å². The van der Waals surface area contributed by atoms with Crippen molar-refractivity contribution in [3.05, 3.63) is 41.6 Å². The standard InChI is InChI=1S/C12H10INOS/c1-3-9-6-8(2)12-10(11(9)7-15)4-5-14(12)16-13/h3-7H,1H2,2H3. The van der Waals surface area contributed by atoms with Gasteiger partial charge in [-0.3, -0.25) is 8.77 Å². The normalized spacial score (nSPS) is 10.6. The molecule has 0 saturated heterocycles. The van der Waals surface area contributed by atoms with Gasteiger partial charge in [-0.25, -0.2) is 0 Å². The molecule has 0 aliphatic rings. The molecule has 2 nitrogen and oxygen atoms in total. The Balaban J connectivity index is 2.92. The number of aldehydes is 1. The Bertz CT molecular complexity index is 574. The fourth-order valence-corrected chi connectivity index (χ4v) is 3.31. The molecular weight excluding hydrogens is 333 g/mol. The number of aryl methyl sites for hydroxylation is 1. The summed E-state index contributed by atoms with van der Waals surface area (Å²) in [5, 5.41) is 0.995. The molecule has 0 saturated carbocycles. The first-order valence-corrected chi connectivity index (χ1v) is 8.06. The molecule has 0 atom stereocenters. The first-order chi connectivity index (χ1) is 7.72. The van der Waals surface area contributed by atoms with Crippen LogP contribution < -0.4 is 0 Å². The van der Waals surface area contributed by atoms with Crippen LogP contribution in [0.4, 0.5) is 0 Å². The molecule has 2 aromatic rings. The third-order valence-corrected chi connectivity index (χ3v) is 4.34. The van der Waals surface area contributed by atoms with Crippen molar-refractivity contribution in [2.24, 2.45) is 0 Å². The number of benzene rings is 1. The zero-order chi connectivity index (χ0) is 11.7. The highest BCUT2D eigenvalue weighted by Crippen LogP contribution is 2.31. The van der Waals surface area contributed by atoms with E-state index in [0.717, 1.165) is 33.9 Å². The molecular formula is C12H10INOS. The maximum Gasteiger partial charge on any atom is 0.151 e. The molecule has 0 fully saturated rings. The van der Waals surface area contributed by atoms with Gasteiger partial charge in [0.1, 0.15) is 0 Å². The van der Waals surface area contributed by atoms with Crippen LogP contribution in [0.25, 0.3) is 17.0 Å². The van der Waals surface area contributed by atoms with Crippen LogP contribution in [0.2, 0.25) is 0 Å². The van der Waals surface area contributed by atoms with Crippen LogP contribution in [0.3, 0.4) is 0 Å². The lowest BCUT2D eigenvalue weighted by Gasteiger charge is -2.07. The van der Waals surface area contributed by atoms with Crippen LogP contribution in [0.1, 0.15) is 21.5 Å². The molecule has 0 unspecified atom stereocenters.